The quantitative estimate of drug-likeness (QED) is 0.495. The maximum absolute atomic E-state index is 12.0. The third-order valence-electron chi connectivity index (χ3n) is 2.86. The van der Waals surface area contributed by atoms with Crippen molar-refractivity contribution in [3.05, 3.63) is 12.7 Å². The van der Waals surface area contributed by atoms with Crippen molar-refractivity contribution in [1.29, 1.82) is 0 Å². The molecule has 1 aliphatic heterocycles. The number of hydrogen-bond donors (Lipinski definition) is 0. The molecule has 5 heteroatoms. The number of nitrogens with zero attached hydrogens (tertiary/aromatic N) is 2. The van der Waals surface area contributed by atoms with E-state index in [4.69, 9.17) is 4.74 Å². The Morgan fingerprint density at radius 2 is 2.00 bits per heavy atom. The van der Waals surface area contributed by atoms with Gasteiger partial charge >= 0.3 is 5.97 Å². The van der Waals surface area contributed by atoms with Crippen LogP contribution in [0.3, 0.4) is 0 Å². The maximum atomic E-state index is 12.0. The molecule has 0 radical (unpaired) electrons. The first-order valence-electron chi connectivity index (χ1n) is 6.44. The summed E-state index contributed by atoms with van der Waals surface area (Å²) in [7, 11) is 0. The zero-order valence-electron chi connectivity index (χ0n) is 11.1. The molecule has 18 heavy (non-hydrogen) atoms. The Morgan fingerprint density at radius 3 is 2.56 bits per heavy atom. The molecule has 1 rings (SSSR count). The standard InChI is InChI=1S/C13H22N2O3/c1-3-7-14(11-13(17)18-4-2)10-12(16)15-8-5-6-9-15/h3H,1,4-11H2,2H3. The zero-order valence-corrected chi connectivity index (χ0v) is 11.1. The Kier molecular flexibility index (Phi) is 6.43. The minimum Gasteiger partial charge on any atom is -0.465 e. The number of esters is 1. The lowest BCUT2D eigenvalue weighted by molar-refractivity contribution is -0.144. The number of carbonyl (C=O) groups excluding carboxylic acids is 2. The summed E-state index contributed by atoms with van der Waals surface area (Å²) in [5.74, 6) is -0.216. The fraction of sp³-hybridized carbons (Fsp3) is 0.692. The number of rotatable bonds is 7. The summed E-state index contributed by atoms with van der Waals surface area (Å²) in [6.45, 7) is 8.34. The van der Waals surface area contributed by atoms with Crippen LogP contribution >= 0.6 is 0 Å². The minimum absolute atomic E-state index is 0.0821. The highest BCUT2D eigenvalue weighted by Crippen LogP contribution is 2.08. The van der Waals surface area contributed by atoms with Crippen LogP contribution in [0.25, 0.3) is 0 Å². The van der Waals surface area contributed by atoms with Crippen LogP contribution in [0.4, 0.5) is 0 Å². The van der Waals surface area contributed by atoms with Gasteiger partial charge in [0.15, 0.2) is 0 Å². The van der Waals surface area contributed by atoms with Crippen LogP contribution in [0.15, 0.2) is 12.7 Å². The normalized spacial score (nSPS) is 14.9. The molecule has 1 aliphatic rings. The number of hydrogen-bond acceptors (Lipinski definition) is 4. The summed E-state index contributed by atoms with van der Waals surface area (Å²) >= 11 is 0. The van der Waals surface area contributed by atoms with E-state index in [2.05, 4.69) is 6.58 Å². The van der Waals surface area contributed by atoms with E-state index in [1.165, 1.54) is 0 Å². The van der Waals surface area contributed by atoms with Crippen molar-refractivity contribution in [2.45, 2.75) is 19.8 Å². The molecule has 0 N–H and O–H groups in total. The first-order valence-corrected chi connectivity index (χ1v) is 6.44. The van der Waals surface area contributed by atoms with Crippen molar-refractivity contribution in [1.82, 2.24) is 9.80 Å². The Bertz CT molecular complexity index is 299. The molecule has 1 heterocycles. The number of amides is 1. The first kappa shape index (κ1) is 14.7. The smallest absolute Gasteiger partial charge is 0.320 e. The second kappa shape index (κ2) is 7.87. The Balaban J connectivity index is 2.42. The van der Waals surface area contributed by atoms with Crippen molar-refractivity contribution in [2.24, 2.45) is 0 Å². The molecular formula is C13H22N2O3. The largest absolute Gasteiger partial charge is 0.465 e. The second-order valence-electron chi connectivity index (χ2n) is 4.35. The van der Waals surface area contributed by atoms with Crippen LogP contribution in [-0.2, 0) is 14.3 Å². The Labute approximate surface area is 108 Å². The van der Waals surface area contributed by atoms with Gasteiger partial charge in [-0.15, -0.1) is 6.58 Å². The number of likely N-dealkylation sites (tertiary alicyclic amines) is 1. The summed E-state index contributed by atoms with van der Waals surface area (Å²) in [6.07, 6.45) is 3.84. The lowest BCUT2D eigenvalue weighted by Crippen LogP contribution is -2.41. The predicted molar refractivity (Wildman–Crippen MR) is 69.1 cm³/mol. The molecule has 1 fully saturated rings. The highest BCUT2D eigenvalue weighted by atomic mass is 16.5. The van der Waals surface area contributed by atoms with Gasteiger partial charge in [-0.2, -0.15) is 0 Å². The van der Waals surface area contributed by atoms with E-state index in [1.54, 1.807) is 17.9 Å². The molecule has 0 aromatic rings. The molecule has 5 nitrogen and oxygen atoms in total. The van der Waals surface area contributed by atoms with Crippen molar-refractivity contribution >= 4 is 11.9 Å². The van der Waals surface area contributed by atoms with Crippen molar-refractivity contribution in [3.63, 3.8) is 0 Å². The molecule has 0 unspecified atom stereocenters. The van der Waals surface area contributed by atoms with Gasteiger partial charge in [-0.25, -0.2) is 0 Å². The van der Waals surface area contributed by atoms with Gasteiger partial charge in [0.05, 0.1) is 19.7 Å². The van der Waals surface area contributed by atoms with Gasteiger partial charge in [0.2, 0.25) is 5.91 Å². The van der Waals surface area contributed by atoms with Gasteiger partial charge < -0.3 is 9.64 Å². The summed E-state index contributed by atoms with van der Waals surface area (Å²) in [6, 6.07) is 0. The molecular weight excluding hydrogens is 232 g/mol. The SMILES string of the molecule is C=CCN(CC(=O)OCC)CC(=O)N1CCCC1. The van der Waals surface area contributed by atoms with Gasteiger partial charge in [-0.05, 0) is 19.8 Å². The zero-order chi connectivity index (χ0) is 13.4. The molecule has 0 aliphatic carbocycles. The Morgan fingerprint density at radius 1 is 1.33 bits per heavy atom. The van der Waals surface area contributed by atoms with Gasteiger partial charge in [-0.3, -0.25) is 14.5 Å². The fourth-order valence-corrected chi connectivity index (χ4v) is 2.01. The van der Waals surface area contributed by atoms with Gasteiger partial charge in [0, 0.05) is 19.6 Å². The van der Waals surface area contributed by atoms with Crippen LogP contribution in [0.5, 0.6) is 0 Å². The molecule has 102 valence electrons. The molecule has 0 aromatic carbocycles. The summed E-state index contributed by atoms with van der Waals surface area (Å²) < 4.78 is 4.89. The van der Waals surface area contributed by atoms with Crippen LogP contribution in [0.1, 0.15) is 19.8 Å². The summed E-state index contributed by atoms with van der Waals surface area (Å²) in [4.78, 5) is 27.0. The minimum atomic E-state index is -0.298. The Hall–Kier alpha value is -1.36. The topological polar surface area (TPSA) is 49.9 Å². The van der Waals surface area contributed by atoms with E-state index in [9.17, 15) is 9.59 Å². The molecule has 0 bridgehead atoms. The average Bonchev–Trinajstić information content (AvgIpc) is 2.82. The molecule has 1 saturated heterocycles. The average molecular weight is 254 g/mol. The number of ether oxygens (including phenoxy) is 1. The predicted octanol–water partition coefficient (Wildman–Crippen LogP) is 0.660. The van der Waals surface area contributed by atoms with Crippen molar-refractivity contribution in [2.75, 3.05) is 39.3 Å². The third-order valence-corrected chi connectivity index (χ3v) is 2.86. The number of carbonyl (C=O) groups is 2. The van der Waals surface area contributed by atoms with E-state index in [0.29, 0.717) is 13.2 Å². The summed E-state index contributed by atoms with van der Waals surface area (Å²) in [5, 5.41) is 0. The molecule has 0 spiro atoms. The highest BCUT2D eigenvalue weighted by molar-refractivity contribution is 5.79. The van der Waals surface area contributed by atoms with E-state index >= 15 is 0 Å². The molecule has 0 aromatic heterocycles. The van der Waals surface area contributed by atoms with Crippen LogP contribution in [0.2, 0.25) is 0 Å². The monoisotopic (exact) mass is 254 g/mol. The van der Waals surface area contributed by atoms with E-state index in [-0.39, 0.29) is 25.0 Å². The third kappa shape index (κ3) is 4.87. The lowest BCUT2D eigenvalue weighted by atomic mass is 10.4. The molecule has 0 saturated carbocycles. The van der Waals surface area contributed by atoms with E-state index in [1.807, 2.05) is 4.90 Å². The van der Waals surface area contributed by atoms with E-state index in [0.717, 1.165) is 25.9 Å². The maximum Gasteiger partial charge on any atom is 0.320 e. The molecule has 0 atom stereocenters. The highest BCUT2D eigenvalue weighted by Gasteiger charge is 2.21. The first-order chi connectivity index (χ1) is 8.67. The fourth-order valence-electron chi connectivity index (χ4n) is 2.01. The molecule has 1 amide bonds. The second-order valence-corrected chi connectivity index (χ2v) is 4.35. The summed E-state index contributed by atoms with van der Waals surface area (Å²) in [5.41, 5.74) is 0. The van der Waals surface area contributed by atoms with Crippen molar-refractivity contribution in [3.8, 4) is 0 Å². The van der Waals surface area contributed by atoms with Crippen LogP contribution in [-0.4, -0.2) is 61.0 Å². The van der Waals surface area contributed by atoms with Gasteiger partial charge in [0.1, 0.15) is 0 Å². The van der Waals surface area contributed by atoms with Gasteiger partial charge in [-0.1, -0.05) is 6.08 Å². The van der Waals surface area contributed by atoms with Gasteiger partial charge in [0.25, 0.3) is 0 Å². The van der Waals surface area contributed by atoms with Crippen LogP contribution in [0, 0.1) is 0 Å². The van der Waals surface area contributed by atoms with Crippen LogP contribution < -0.4 is 0 Å². The van der Waals surface area contributed by atoms with Crippen molar-refractivity contribution < 1.29 is 14.3 Å². The van der Waals surface area contributed by atoms with E-state index < -0.39 is 0 Å². The lowest BCUT2D eigenvalue weighted by Gasteiger charge is -2.22.